The number of ether oxygens (including phenoxy) is 1. The van der Waals surface area contributed by atoms with Crippen LogP contribution in [-0.4, -0.2) is 107 Å². The van der Waals surface area contributed by atoms with Crippen LogP contribution in [0.5, 0.6) is 0 Å². The van der Waals surface area contributed by atoms with E-state index in [0.717, 1.165) is 59.3 Å². The topological polar surface area (TPSA) is 227 Å². The van der Waals surface area contributed by atoms with Crippen LogP contribution in [0.25, 0.3) is 33.6 Å². The second kappa shape index (κ2) is 16.5. The summed E-state index contributed by atoms with van der Waals surface area (Å²) in [5, 5.41) is 24.6. The lowest BCUT2D eigenvalue weighted by atomic mass is 10.0. The summed E-state index contributed by atoms with van der Waals surface area (Å²) in [5.74, 6) is 0.678. The molecule has 2 saturated heterocycles. The van der Waals surface area contributed by atoms with Gasteiger partial charge in [0.05, 0.1) is 48.7 Å². The highest BCUT2D eigenvalue weighted by Gasteiger charge is 2.38. The van der Waals surface area contributed by atoms with Crippen LogP contribution in [0.4, 0.5) is 9.59 Å². The summed E-state index contributed by atoms with van der Waals surface area (Å²) in [4.78, 5) is 70.1. The molecule has 0 spiro atoms. The summed E-state index contributed by atoms with van der Waals surface area (Å²) in [7, 11) is 1.25. The number of carbonyl (C=O) groups excluding carboxylic acids is 3. The van der Waals surface area contributed by atoms with Gasteiger partial charge in [0.1, 0.15) is 23.7 Å². The van der Waals surface area contributed by atoms with Gasteiger partial charge in [-0.3, -0.25) is 14.7 Å². The summed E-state index contributed by atoms with van der Waals surface area (Å²) >= 11 is 0. The molecule has 6 N–H and O–H groups in total. The highest BCUT2D eigenvalue weighted by atomic mass is 16.5. The Balaban J connectivity index is 1.00. The third kappa shape index (κ3) is 8.11. The maximum absolute atomic E-state index is 13.7. The van der Waals surface area contributed by atoms with Gasteiger partial charge in [-0.15, -0.1) is 5.10 Å². The maximum Gasteiger partial charge on any atom is 0.407 e. The molecule has 17 nitrogen and oxygen atoms in total. The normalized spacial score (nSPS) is 17.9. The van der Waals surface area contributed by atoms with Crippen molar-refractivity contribution < 1.29 is 29.0 Å². The minimum absolute atomic E-state index is 0.161. The third-order valence-electron chi connectivity index (χ3n) is 10.5. The third-order valence-corrected chi connectivity index (χ3v) is 10.5. The number of nitrogens with zero attached hydrogens (tertiary/aromatic N) is 6. The van der Waals surface area contributed by atoms with Crippen LogP contribution < -0.4 is 10.6 Å². The van der Waals surface area contributed by atoms with Crippen molar-refractivity contribution in [1.29, 1.82) is 0 Å². The van der Waals surface area contributed by atoms with Crippen molar-refractivity contribution in [3.05, 3.63) is 84.5 Å². The first-order valence-electron chi connectivity index (χ1n) is 18.7. The molecule has 7 rings (SSSR count). The summed E-state index contributed by atoms with van der Waals surface area (Å²) in [6, 6.07) is 14.1. The van der Waals surface area contributed by atoms with Crippen LogP contribution in [0.1, 0.15) is 69.0 Å². The predicted molar refractivity (Wildman–Crippen MR) is 204 cm³/mol. The molecule has 2 fully saturated rings. The zero-order chi connectivity index (χ0) is 39.3. The standard InChI is InChI=1S/C39H45N11O6/c1-22(2)33(46-38(53)54)37(52)50-17-5-7-32(50)35-41-21-30(44-35)26-14-10-24(11-15-26)23-8-12-25(13-9-23)29-20-40-34(43-29)31-6-4-16-49(31)36(51)28(45-39(55)56-3)18-27-19-42-48-47-27/h8-15,19-22,28,31-33,46H,4-7,16-18H2,1-3H3,(H,40,43)(H,41,44)(H,45,55)(H,53,54)(H,42,47,48)/t28-,31?,32-,33-/m0/s1. The van der Waals surface area contributed by atoms with E-state index in [1.54, 1.807) is 28.4 Å². The molecule has 2 aliphatic heterocycles. The SMILES string of the molecule is COC(=O)N[C@@H](Cc1c[nH]nn1)C(=O)N1CCCC1c1ncc(-c2ccc(-c3ccc(-c4cnc([C@@H]5CCCN5C(=O)[C@@H](NC(=O)O)C(C)C)[nH]4)cc3)cc2)[nH]1. The molecule has 5 aromatic rings. The Bertz CT molecular complexity index is 2150. The number of amides is 4. The number of H-pyrrole nitrogens is 3. The Morgan fingerprint density at radius 3 is 1.79 bits per heavy atom. The second-order valence-corrected chi connectivity index (χ2v) is 14.4. The predicted octanol–water partition coefficient (Wildman–Crippen LogP) is 4.84. The van der Waals surface area contributed by atoms with Crippen molar-refractivity contribution >= 4 is 24.0 Å². The number of aromatic amines is 3. The van der Waals surface area contributed by atoms with Crippen molar-refractivity contribution in [3.63, 3.8) is 0 Å². The van der Waals surface area contributed by atoms with E-state index in [1.165, 1.54) is 7.11 Å². The molecule has 4 amide bonds. The first-order valence-corrected chi connectivity index (χ1v) is 18.7. The summed E-state index contributed by atoms with van der Waals surface area (Å²) in [6.07, 6.45) is 6.44. The number of carboxylic acid groups (broad SMARTS) is 1. The van der Waals surface area contributed by atoms with Gasteiger partial charge in [-0.1, -0.05) is 67.6 Å². The van der Waals surface area contributed by atoms with Gasteiger partial charge in [0.25, 0.3) is 0 Å². The van der Waals surface area contributed by atoms with E-state index in [1.807, 2.05) is 62.4 Å². The first kappa shape index (κ1) is 37.8. The van der Waals surface area contributed by atoms with Gasteiger partial charge in [0.15, 0.2) is 0 Å². The fourth-order valence-electron chi connectivity index (χ4n) is 7.58. The largest absolute Gasteiger partial charge is 0.465 e. The molecule has 2 aromatic carbocycles. The van der Waals surface area contributed by atoms with E-state index in [-0.39, 0.29) is 36.2 Å². The highest BCUT2D eigenvalue weighted by Crippen LogP contribution is 2.35. The number of imidazole rings is 2. The minimum Gasteiger partial charge on any atom is -0.465 e. The van der Waals surface area contributed by atoms with Gasteiger partial charge in [0.2, 0.25) is 11.8 Å². The monoisotopic (exact) mass is 763 g/mol. The zero-order valence-electron chi connectivity index (χ0n) is 31.4. The Kier molecular flexibility index (Phi) is 11.1. The highest BCUT2D eigenvalue weighted by molar-refractivity contribution is 5.87. The van der Waals surface area contributed by atoms with E-state index in [4.69, 9.17) is 4.74 Å². The number of benzene rings is 2. The average molecular weight is 764 g/mol. The number of hydrogen-bond acceptors (Lipinski definition) is 9. The lowest BCUT2D eigenvalue weighted by Gasteiger charge is -2.29. The lowest BCUT2D eigenvalue weighted by Crippen LogP contribution is -2.50. The van der Waals surface area contributed by atoms with E-state index in [0.29, 0.717) is 30.4 Å². The molecule has 0 aliphatic carbocycles. The van der Waals surface area contributed by atoms with Crippen LogP contribution in [0.2, 0.25) is 0 Å². The summed E-state index contributed by atoms with van der Waals surface area (Å²) in [6.45, 7) is 4.73. The zero-order valence-corrected chi connectivity index (χ0v) is 31.4. The number of hydrogen-bond donors (Lipinski definition) is 6. The van der Waals surface area contributed by atoms with Gasteiger partial charge in [-0.25, -0.2) is 19.6 Å². The molecule has 292 valence electrons. The molecule has 17 heteroatoms. The molecular formula is C39H45N11O6. The molecule has 0 saturated carbocycles. The number of nitrogens with one attached hydrogen (secondary N) is 5. The minimum atomic E-state index is -1.22. The van der Waals surface area contributed by atoms with Gasteiger partial charge >= 0.3 is 12.2 Å². The Morgan fingerprint density at radius 1 is 0.804 bits per heavy atom. The van der Waals surface area contributed by atoms with E-state index in [9.17, 15) is 24.3 Å². The number of aromatic nitrogens is 7. The molecule has 0 bridgehead atoms. The number of alkyl carbamates (subject to hydrolysis) is 1. The van der Waals surface area contributed by atoms with Gasteiger partial charge < -0.3 is 40.2 Å². The second-order valence-electron chi connectivity index (χ2n) is 14.4. The molecule has 1 unspecified atom stereocenters. The summed E-state index contributed by atoms with van der Waals surface area (Å²) < 4.78 is 4.77. The molecule has 2 aliphatic rings. The van der Waals surface area contributed by atoms with Crippen LogP contribution in [-0.2, 0) is 20.7 Å². The molecule has 3 aromatic heterocycles. The van der Waals surface area contributed by atoms with Crippen molar-refractivity contribution in [2.24, 2.45) is 5.92 Å². The van der Waals surface area contributed by atoms with Crippen molar-refractivity contribution in [3.8, 4) is 33.6 Å². The van der Waals surface area contributed by atoms with Crippen molar-refractivity contribution in [2.45, 2.75) is 70.1 Å². The Hall–Kier alpha value is -6.52. The molecular weight excluding hydrogens is 718 g/mol. The Morgan fingerprint density at radius 2 is 1.32 bits per heavy atom. The fourth-order valence-corrected chi connectivity index (χ4v) is 7.58. The number of methoxy groups -OCH3 is 1. The fraction of sp³-hybridized carbons (Fsp3) is 0.385. The van der Waals surface area contributed by atoms with E-state index < -0.39 is 24.3 Å². The van der Waals surface area contributed by atoms with Crippen LogP contribution >= 0.6 is 0 Å². The Labute approximate surface area is 322 Å². The van der Waals surface area contributed by atoms with Crippen LogP contribution in [0.3, 0.4) is 0 Å². The van der Waals surface area contributed by atoms with Crippen LogP contribution in [0.15, 0.2) is 67.1 Å². The number of carbonyl (C=O) groups is 4. The average Bonchev–Trinajstić information content (AvgIpc) is 4.05. The van der Waals surface area contributed by atoms with Crippen LogP contribution in [0, 0.1) is 5.92 Å². The quantitative estimate of drug-likeness (QED) is 0.101. The first-order chi connectivity index (χ1) is 27.1. The maximum atomic E-state index is 13.7. The van der Waals surface area contributed by atoms with Crippen molar-refractivity contribution in [1.82, 2.24) is 55.8 Å². The summed E-state index contributed by atoms with van der Waals surface area (Å²) in [5.41, 5.74) is 6.14. The van der Waals surface area contributed by atoms with Gasteiger partial charge in [-0.05, 0) is 53.9 Å². The molecule has 5 heterocycles. The van der Waals surface area contributed by atoms with Gasteiger partial charge in [0, 0.05) is 25.7 Å². The molecule has 56 heavy (non-hydrogen) atoms. The van der Waals surface area contributed by atoms with Gasteiger partial charge in [-0.2, -0.15) is 0 Å². The molecule has 4 atom stereocenters. The van der Waals surface area contributed by atoms with Crippen molar-refractivity contribution in [2.75, 3.05) is 20.2 Å². The van der Waals surface area contributed by atoms with E-state index in [2.05, 4.69) is 46.0 Å². The number of likely N-dealkylation sites (tertiary alicyclic amines) is 2. The molecule has 0 radical (unpaired) electrons. The smallest absolute Gasteiger partial charge is 0.407 e. The lowest BCUT2D eigenvalue weighted by molar-refractivity contribution is -0.135. The van der Waals surface area contributed by atoms with E-state index >= 15 is 0 Å². The number of rotatable bonds is 12.